The molecule has 0 aliphatic rings. The van der Waals surface area contributed by atoms with Crippen LogP contribution in [0.25, 0.3) is 11.1 Å². The molecule has 0 aliphatic heterocycles. The van der Waals surface area contributed by atoms with Crippen LogP contribution in [-0.4, -0.2) is 4.98 Å². The number of benzene rings is 1. The van der Waals surface area contributed by atoms with E-state index in [-0.39, 0.29) is 5.56 Å². The molecule has 17 heavy (non-hydrogen) atoms. The minimum absolute atomic E-state index is 0.0230. The van der Waals surface area contributed by atoms with E-state index in [1.807, 2.05) is 37.3 Å². The molecule has 2 aromatic rings. The summed E-state index contributed by atoms with van der Waals surface area (Å²) in [6, 6.07) is 12.1. The molecule has 1 heterocycles. The molecule has 0 spiro atoms. The van der Waals surface area contributed by atoms with Crippen molar-refractivity contribution < 1.29 is 0 Å². The van der Waals surface area contributed by atoms with Crippen LogP contribution in [0, 0.1) is 6.92 Å². The highest BCUT2D eigenvalue weighted by atomic mass is 16.1. The van der Waals surface area contributed by atoms with E-state index in [0.717, 1.165) is 35.2 Å². The Bertz CT molecular complexity index is 555. The van der Waals surface area contributed by atoms with E-state index >= 15 is 0 Å². The monoisotopic (exact) mass is 227 g/mol. The van der Waals surface area contributed by atoms with Gasteiger partial charge in [-0.2, -0.15) is 0 Å². The van der Waals surface area contributed by atoms with Crippen molar-refractivity contribution >= 4 is 0 Å². The topological polar surface area (TPSA) is 32.9 Å². The summed E-state index contributed by atoms with van der Waals surface area (Å²) in [5.74, 6) is 0. The zero-order valence-electron chi connectivity index (χ0n) is 10.3. The van der Waals surface area contributed by atoms with Crippen molar-refractivity contribution in [2.45, 2.75) is 26.7 Å². The van der Waals surface area contributed by atoms with E-state index in [1.54, 1.807) is 0 Å². The highest BCUT2D eigenvalue weighted by Gasteiger charge is 2.06. The molecule has 0 bridgehead atoms. The summed E-state index contributed by atoms with van der Waals surface area (Å²) in [5.41, 5.74) is 3.97. The second-order valence-corrected chi connectivity index (χ2v) is 4.28. The Kier molecular flexibility index (Phi) is 3.43. The van der Waals surface area contributed by atoms with E-state index in [1.165, 1.54) is 0 Å². The lowest BCUT2D eigenvalue weighted by atomic mass is 10.0. The molecule has 1 aromatic heterocycles. The van der Waals surface area contributed by atoms with Crippen LogP contribution in [0.4, 0.5) is 0 Å². The first-order valence-electron chi connectivity index (χ1n) is 6.00. The minimum atomic E-state index is 0.0230. The van der Waals surface area contributed by atoms with Crippen LogP contribution in [0.3, 0.4) is 0 Å². The van der Waals surface area contributed by atoms with Crippen LogP contribution in [0.1, 0.15) is 24.6 Å². The molecule has 0 amide bonds. The number of H-pyrrole nitrogens is 1. The third-order valence-electron chi connectivity index (χ3n) is 2.94. The third kappa shape index (κ3) is 2.47. The van der Waals surface area contributed by atoms with Crippen LogP contribution in [0.2, 0.25) is 0 Å². The Hall–Kier alpha value is -1.83. The standard InChI is InChI=1S/C15H17NO/c1-3-7-13-10-14(11(2)15(17)16-13)12-8-5-4-6-9-12/h4-6,8-10H,3,7H2,1-2H3,(H,16,17). The number of hydrogen-bond acceptors (Lipinski definition) is 1. The van der Waals surface area contributed by atoms with Gasteiger partial charge in [0.25, 0.3) is 5.56 Å². The molecule has 0 fully saturated rings. The van der Waals surface area contributed by atoms with Crippen LogP contribution < -0.4 is 5.56 Å². The zero-order chi connectivity index (χ0) is 12.3. The fraction of sp³-hybridized carbons (Fsp3) is 0.267. The maximum Gasteiger partial charge on any atom is 0.251 e. The number of nitrogens with one attached hydrogen (secondary N) is 1. The zero-order valence-corrected chi connectivity index (χ0v) is 10.3. The number of aromatic amines is 1. The van der Waals surface area contributed by atoms with Gasteiger partial charge in [-0.05, 0) is 30.5 Å². The Morgan fingerprint density at radius 1 is 1.18 bits per heavy atom. The fourth-order valence-electron chi connectivity index (χ4n) is 2.00. The summed E-state index contributed by atoms with van der Waals surface area (Å²) in [6.07, 6.45) is 1.95. The molecule has 88 valence electrons. The number of rotatable bonds is 3. The molecule has 0 saturated heterocycles. The van der Waals surface area contributed by atoms with E-state index in [4.69, 9.17) is 0 Å². The van der Waals surface area contributed by atoms with Gasteiger partial charge in [-0.25, -0.2) is 0 Å². The number of pyridine rings is 1. The molecule has 2 rings (SSSR count). The molecule has 0 unspecified atom stereocenters. The third-order valence-corrected chi connectivity index (χ3v) is 2.94. The van der Waals surface area contributed by atoms with Crippen molar-refractivity contribution in [3.63, 3.8) is 0 Å². The molecule has 0 saturated carbocycles. The van der Waals surface area contributed by atoms with E-state index < -0.39 is 0 Å². The SMILES string of the molecule is CCCc1cc(-c2ccccc2)c(C)c(=O)[nH]1. The molecule has 1 N–H and O–H groups in total. The van der Waals surface area contributed by atoms with Gasteiger partial charge in [0, 0.05) is 11.3 Å². The van der Waals surface area contributed by atoms with Gasteiger partial charge in [-0.3, -0.25) is 4.79 Å². The molecule has 1 aromatic carbocycles. The summed E-state index contributed by atoms with van der Waals surface area (Å²) < 4.78 is 0. The molecular weight excluding hydrogens is 210 g/mol. The van der Waals surface area contributed by atoms with Gasteiger partial charge >= 0.3 is 0 Å². The lowest BCUT2D eigenvalue weighted by Gasteiger charge is -2.08. The van der Waals surface area contributed by atoms with Crippen molar-refractivity contribution in [3.05, 3.63) is 58.0 Å². The quantitative estimate of drug-likeness (QED) is 0.857. The summed E-state index contributed by atoms with van der Waals surface area (Å²) in [7, 11) is 0. The van der Waals surface area contributed by atoms with Crippen molar-refractivity contribution in [2.24, 2.45) is 0 Å². The maximum absolute atomic E-state index is 11.9. The minimum Gasteiger partial charge on any atom is -0.326 e. The van der Waals surface area contributed by atoms with E-state index in [2.05, 4.69) is 18.0 Å². The Morgan fingerprint density at radius 3 is 2.53 bits per heavy atom. The molecule has 0 aliphatic carbocycles. The van der Waals surface area contributed by atoms with Gasteiger partial charge in [-0.1, -0.05) is 43.7 Å². The van der Waals surface area contributed by atoms with Gasteiger partial charge in [0.2, 0.25) is 0 Å². The van der Waals surface area contributed by atoms with Crippen LogP contribution in [0.5, 0.6) is 0 Å². The van der Waals surface area contributed by atoms with Gasteiger partial charge in [-0.15, -0.1) is 0 Å². The van der Waals surface area contributed by atoms with Gasteiger partial charge < -0.3 is 4.98 Å². The predicted molar refractivity (Wildman–Crippen MR) is 71.2 cm³/mol. The Morgan fingerprint density at radius 2 is 1.88 bits per heavy atom. The molecule has 2 heteroatoms. The predicted octanol–water partition coefficient (Wildman–Crippen LogP) is 3.30. The largest absolute Gasteiger partial charge is 0.326 e. The van der Waals surface area contributed by atoms with Crippen LogP contribution in [-0.2, 0) is 6.42 Å². The summed E-state index contributed by atoms with van der Waals surface area (Å²) in [4.78, 5) is 14.8. The summed E-state index contributed by atoms with van der Waals surface area (Å²) >= 11 is 0. The Labute approximate surface area is 101 Å². The Balaban J connectivity index is 2.57. The summed E-state index contributed by atoms with van der Waals surface area (Å²) in [5, 5.41) is 0. The first kappa shape index (κ1) is 11.6. The molecule has 0 atom stereocenters. The number of aryl methyl sites for hydroxylation is 1. The van der Waals surface area contributed by atoms with Gasteiger partial charge in [0.05, 0.1) is 0 Å². The average Bonchev–Trinajstić information content (AvgIpc) is 2.35. The van der Waals surface area contributed by atoms with Crippen LogP contribution >= 0.6 is 0 Å². The molecule has 0 radical (unpaired) electrons. The second-order valence-electron chi connectivity index (χ2n) is 4.28. The average molecular weight is 227 g/mol. The van der Waals surface area contributed by atoms with E-state index in [0.29, 0.717) is 0 Å². The maximum atomic E-state index is 11.9. The van der Waals surface area contributed by atoms with Crippen LogP contribution in [0.15, 0.2) is 41.2 Å². The van der Waals surface area contributed by atoms with E-state index in [9.17, 15) is 4.79 Å². The fourth-order valence-corrected chi connectivity index (χ4v) is 2.00. The van der Waals surface area contributed by atoms with Crippen molar-refractivity contribution in [3.8, 4) is 11.1 Å². The smallest absolute Gasteiger partial charge is 0.251 e. The van der Waals surface area contributed by atoms with Crippen molar-refractivity contribution in [1.82, 2.24) is 4.98 Å². The first-order chi connectivity index (χ1) is 8.22. The second kappa shape index (κ2) is 5.00. The molecule has 2 nitrogen and oxygen atoms in total. The molecular formula is C15H17NO. The highest BCUT2D eigenvalue weighted by molar-refractivity contribution is 5.66. The highest BCUT2D eigenvalue weighted by Crippen LogP contribution is 2.21. The van der Waals surface area contributed by atoms with Crippen molar-refractivity contribution in [2.75, 3.05) is 0 Å². The van der Waals surface area contributed by atoms with Gasteiger partial charge in [0.15, 0.2) is 0 Å². The summed E-state index contributed by atoms with van der Waals surface area (Å²) in [6.45, 7) is 3.98. The normalized spacial score (nSPS) is 10.5. The first-order valence-corrected chi connectivity index (χ1v) is 6.00. The van der Waals surface area contributed by atoms with Gasteiger partial charge in [0.1, 0.15) is 0 Å². The lowest BCUT2D eigenvalue weighted by molar-refractivity contribution is 0.872. The van der Waals surface area contributed by atoms with Crippen molar-refractivity contribution in [1.29, 1.82) is 0 Å². The lowest BCUT2D eigenvalue weighted by Crippen LogP contribution is -2.13. The number of aromatic nitrogens is 1. The number of hydrogen-bond donors (Lipinski definition) is 1.